The van der Waals surface area contributed by atoms with Crippen molar-refractivity contribution in [2.75, 3.05) is 0 Å². The predicted molar refractivity (Wildman–Crippen MR) is 48.8 cm³/mol. The minimum absolute atomic E-state index is 0.564. The van der Waals surface area contributed by atoms with Crippen molar-refractivity contribution in [3.8, 4) is 0 Å². The highest BCUT2D eigenvalue weighted by Crippen LogP contribution is 1.87. The van der Waals surface area contributed by atoms with Crippen LogP contribution in [0.25, 0.3) is 0 Å². The van der Waals surface area contributed by atoms with Crippen molar-refractivity contribution in [3.05, 3.63) is 36.5 Å². The van der Waals surface area contributed by atoms with Gasteiger partial charge in [-0.3, -0.25) is 4.79 Å². The molecule has 2 nitrogen and oxygen atoms in total. The van der Waals surface area contributed by atoms with Crippen LogP contribution < -0.4 is 0 Å². The van der Waals surface area contributed by atoms with Crippen LogP contribution in [0.1, 0.15) is 12.8 Å². The third-order valence-electron chi connectivity index (χ3n) is 1.11. The van der Waals surface area contributed by atoms with Crippen LogP contribution in [0.5, 0.6) is 0 Å². The second-order valence-electron chi connectivity index (χ2n) is 2.08. The number of carbonyl (C=O) groups is 2. The Kier molecular flexibility index (Phi) is 8.41. The van der Waals surface area contributed by atoms with Gasteiger partial charge in [0.15, 0.2) is 0 Å². The maximum Gasteiger partial charge on any atom is 0.142 e. The van der Waals surface area contributed by atoms with Crippen molar-refractivity contribution in [1.82, 2.24) is 0 Å². The Labute approximate surface area is 72.3 Å². The third kappa shape index (κ3) is 8.56. The highest BCUT2D eigenvalue weighted by molar-refractivity contribution is 5.65. The number of carbonyl (C=O) groups excluding carboxylic acids is 2. The van der Waals surface area contributed by atoms with Crippen molar-refractivity contribution in [1.29, 1.82) is 0 Å². The molecule has 0 aromatic rings. The van der Waals surface area contributed by atoms with Crippen LogP contribution in [-0.2, 0) is 9.59 Å². The number of allylic oxidation sites excluding steroid dienone is 6. The summed E-state index contributed by atoms with van der Waals surface area (Å²) in [4.78, 5) is 19.7. The van der Waals surface area contributed by atoms with E-state index in [9.17, 15) is 9.59 Å². The molecule has 0 atom stereocenters. The van der Waals surface area contributed by atoms with E-state index in [4.69, 9.17) is 0 Å². The molecule has 0 saturated heterocycles. The maximum absolute atomic E-state index is 9.88. The van der Waals surface area contributed by atoms with E-state index in [1.54, 1.807) is 12.2 Å². The molecule has 0 amide bonds. The topological polar surface area (TPSA) is 34.1 Å². The Morgan fingerprint density at radius 3 is 2.08 bits per heavy atom. The van der Waals surface area contributed by atoms with Crippen molar-refractivity contribution < 1.29 is 9.59 Å². The van der Waals surface area contributed by atoms with Gasteiger partial charge in [-0.1, -0.05) is 30.4 Å². The van der Waals surface area contributed by atoms with Crippen LogP contribution in [0.4, 0.5) is 0 Å². The summed E-state index contributed by atoms with van der Waals surface area (Å²) in [7, 11) is 0. The first-order valence-corrected chi connectivity index (χ1v) is 3.79. The van der Waals surface area contributed by atoms with Gasteiger partial charge in [-0.25, -0.2) is 0 Å². The molecule has 0 N–H and O–H groups in total. The van der Waals surface area contributed by atoms with E-state index in [-0.39, 0.29) is 0 Å². The molecule has 0 aliphatic heterocycles. The molecule has 0 spiro atoms. The largest absolute Gasteiger partial charge is 0.303 e. The van der Waals surface area contributed by atoms with Gasteiger partial charge in [0.25, 0.3) is 0 Å². The summed E-state index contributed by atoms with van der Waals surface area (Å²) in [6.45, 7) is 0. The lowest BCUT2D eigenvalue weighted by Gasteiger charge is -1.78. The Morgan fingerprint density at radius 2 is 1.42 bits per heavy atom. The first-order chi connectivity index (χ1) is 5.91. The van der Waals surface area contributed by atoms with E-state index in [0.29, 0.717) is 6.42 Å². The molecule has 0 bridgehead atoms. The summed E-state index contributed by atoms with van der Waals surface area (Å²) in [6, 6.07) is 0. The molecule has 2 heteroatoms. The molecule has 12 heavy (non-hydrogen) atoms. The van der Waals surface area contributed by atoms with Crippen LogP contribution in [-0.4, -0.2) is 12.6 Å². The molecule has 64 valence electrons. The van der Waals surface area contributed by atoms with Crippen LogP contribution >= 0.6 is 0 Å². The monoisotopic (exact) mass is 164 g/mol. The fourth-order valence-corrected chi connectivity index (χ4v) is 0.577. The maximum atomic E-state index is 9.88. The SMILES string of the molecule is O=CC=CC=CC=CCCC=O. The van der Waals surface area contributed by atoms with E-state index >= 15 is 0 Å². The van der Waals surface area contributed by atoms with Crippen molar-refractivity contribution in [3.63, 3.8) is 0 Å². The lowest BCUT2D eigenvalue weighted by atomic mass is 10.3. The molecule has 0 saturated carbocycles. The number of hydrogen-bond acceptors (Lipinski definition) is 2. The molecule has 0 aliphatic rings. The van der Waals surface area contributed by atoms with Gasteiger partial charge in [0.2, 0.25) is 0 Å². The van der Waals surface area contributed by atoms with Crippen molar-refractivity contribution in [2.24, 2.45) is 0 Å². The van der Waals surface area contributed by atoms with Gasteiger partial charge in [0.05, 0.1) is 0 Å². The zero-order valence-corrected chi connectivity index (χ0v) is 6.85. The summed E-state index contributed by atoms with van der Waals surface area (Å²) in [6.07, 6.45) is 13.3. The van der Waals surface area contributed by atoms with E-state index in [2.05, 4.69) is 0 Å². The molecule has 0 radical (unpaired) electrons. The molecular formula is C10H12O2. The fourth-order valence-electron chi connectivity index (χ4n) is 0.577. The second-order valence-corrected chi connectivity index (χ2v) is 2.08. The molecule has 0 rings (SSSR count). The molecule has 0 aromatic heterocycles. The van der Waals surface area contributed by atoms with E-state index < -0.39 is 0 Å². The van der Waals surface area contributed by atoms with E-state index in [1.165, 1.54) is 6.08 Å². The van der Waals surface area contributed by atoms with E-state index in [0.717, 1.165) is 19.0 Å². The number of hydrogen-bond donors (Lipinski definition) is 0. The standard InChI is InChI=1S/C10H12O2/c11-9-7-5-3-1-2-4-6-8-10-12/h1-5,7,9-10H,6,8H2. The van der Waals surface area contributed by atoms with Gasteiger partial charge >= 0.3 is 0 Å². The molecule has 0 aliphatic carbocycles. The summed E-state index contributed by atoms with van der Waals surface area (Å²) in [5.74, 6) is 0. The number of rotatable bonds is 6. The van der Waals surface area contributed by atoms with Crippen LogP contribution in [0.2, 0.25) is 0 Å². The Morgan fingerprint density at radius 1 is 0.750 bits per heavy atom. The Bertz CT molecular complexity index is 200. The number of unbranched alkanes of at least 4 members (excludes halogenated alkanes) is 1. The Balaban J connectivity index is 3.44. The first-order valence-electron chi connectivity index (χ1n) is 3.79. The summed E-state index contributed by atoms with van der Waals surface area (Å²) in [5, 5.41) is 0. The van der Waals surface area contributed by atoms with Crippen molar-refractivity contribution in [2.45, 2.75) is 12.8 Å². The summed E-state index contributed by atoms with van der Waals surface area (Å²) < 4.78 is 0. The second kappa shape index (κ2) is 9.56. The minimum atomic E-state index is 0.564. The quantitative estimate of drug-likeness (QED) is 0.260. The zero-order chi connectivity index (χ0) is 9.07. The zero-order valence-electron chi connectivity index (χ0n) is 6.85. The normalized spacial score (nSPS) is 11.7. The molecule has 0 unspecified atom stereocenters. The van der Waals surface area contributed by atoms with Gasteiger partial charge in [-0.05, 0) is 12.5 Å². The fraction of sp³-hybridized carbons (Fsp3) is 0.200. The molecular weight excluding hydrogens is 152 g/mol. The Hall–Kier alpha value is -1.44. The van der Waals surface area contributed by atoms with E-state index in [1.807, 2.05) is 18.2 Å². The van der Waals surface area contributed by atoms with Crippen LogP contribution in [0.3, 0.4) is 0 Å². The van der Waals surface area contributed by atoms with Crippen LogP contribution in [0, 0.1) is 0 Å². The lowest BCUT2D eigenvalue weighted by Crippen LogP contribution is -1.68. The average molecular weight is 164 g/mol. The van der Waals surface area contributed by atoms with Gasteiger partial charge < -0.3 is 4.79 Å². The highest BCUT2D eigenvalue weighted by atomic mass is 16.1. The third-order valence-corrected chi connectivity index (χ3v) is 1.11. The average Bonchev–Trinajstić information content (AvgIpc) is 2.10. The predicted octanol–water partition coefficient (Wildman–Crippen LogP) is 1.83. The molecule has 0 fully saturated rings. The summed E-state index contributed by atoms with van der Waals surface area (Å²) in [5.41, 5.74) is 0. The minimum Gasteiger partial charge on any atom is -0.303 e. The van der Waals surface area contributed by atoms with Gasteiger partial charge in [0, 0.05) is 6.42 Å². The first kappa shape index (κ1) is 10.6. The van der Waals surface area contributed by atoms with Crippen molar-refractivity contribution >= 4 is 12.6 Å². The molecule has 0 aromatic carbocycles. The summed E-state index contributed by atoms with van der Waals surface area (Å²) >= 11 is 0. The van der Waals surface area contributed by atoms with Crippen LogP contribution in [0.15, 0.2) is 36.5 Å². The highest BCUT2D eigenvalue weighted by Gasteiger charge is 1.74. The van der Waals surface area contributed by atoms with Gasteiger partial charge in [-0.15, -0.1) is 0 Å². The lowest BCUT2D eigenvalue weighted by molar-refractivity contribution is -0.107. The number of aldehydes is 2. The van der Waals surface area contributed by atoms with Gasteiger partial charge in [0.1, 0.15) is 12.6 Å². The smallest absolute Gasteiger partial charge is 0.142 e. The molecule has 0 heterocycles. The van der Waals surface area contributed by atoms with Gasteiger partial charge in [-0.2, -0.15) is 0 Å².